The predicted molar refractivity (Wildman–Crippen MR) is 47.7 cm³/mol. The molecule has 0 bridgehead atoms. The van der Waals surface area contributed by atoms with Crippen LogP contribution in [-0.2, 0) is 16.0 Å². The summed E-state index contributed by atoms with van der Waals surface area (Å²) in [6, 6.07) is 1.58. The van der Waals surface area contributed by atoms with E-state index in [1.807, 2.05) is 0 Å². The molecule has 0 aromatic heterocycles. The molecule has 3 nitrogen and oxygen atoms in total. The van der Waals surface area contributed by atoms with Gasteiger partial charge >= 0.3 is 5.97 Å². The van der Waals surface area contributed by atoms with Crippen LogP contribution in [0, 0.1) is 11.6 Å². The average molecular weight is 235 g/mol. The van der Waals surface area contributed by atoms with Crippen molar-refractivity contribution in [3.63, 3.8) is 0 Å². The zero-order chi connectivity index (χ0) is 11.6. The van der Waals surface area contributed by atoms with Crippen LogP contribution >= 0.6 is 11.6 Å². The Morgan fingerprint density at radius 3 is 2.33 bits per heavy atom. The molecule has 1 rings (SSSR count). The quantitative estimate of drug-likeness (QED) is 0.641. The first-order chi connectivity index (χ1) is 6.93. The molecule has 0 fully saturated rings. The largest absolute Gasteiger partial charge is 0.475 e. The van der Waals surface area contributed by atoms with Gasteiger partial charge in [0.05, 0.1) is 5.02 Å². The standard InChI is InChI=1S/C9H5ClF2O3/c10-8-4(3-7(13)9(14)15)5(11)1-2-6(8)12/h1-2H,3H2,(H,14,15). The lowest BCUT2D eigenvalue weighted by Crippen LogP contribution is -2.16. The van der Waals surface area contributed by atoms with E-state index in [9.17, 15) is 18.4 Å². The summed E-state index contributed by atoms with van der Waals surface area (Å²) in [4.78, 5) is 21.0. The fourth-order valence-electron chi connectivity index (χ4n) is 0.967. The van der Waals surface area contributed by atoms with Gasteiger partial charge in [0.25, 0.3) is 0 Å². The molecule has 0 aliphatic rings. The number of carboxylic acid groups (broad SMARTS) is 1. The number of carbonyl (C=O) groups excluding carboxylic acids is 1. The van der Waals surface area contributed by atoms with Crippen molar-refractivity contribution in [1.29, 1.82) is 0 Å². The molecule has 0 unspecified atom stereocenters. The molecule has 1 aromatic rings. The van der Waals surface area contributed by atoms with Gasteiger partial charge in [0, 0.05) is 12.0 Å². The first-order valence-corrected chi connectivity index (χ1v) is 4.19. The maximum atomic E-state index is 13.1. The fraction of sp³-hybridized carbons (Fsp3) is 0.111. The second-order valence-electron chi connectivity index (χ2n) is 2.73. The van der Waals surface area contributed by atoms with Crippen molar-refractivity contribution in [2.24, 2.45) is 0 Å². The van der Waals surface area contributed by atoms with Crippen LogP contribution in [0.25, 0.3) is 0 Å². The third-order valence-electron chi connectivity index (χ3n) is 1.71. The summed E-state index contributed by atoms with van der Waals surface area (Å²) in [5, 5.41) is 7.72. The number of carbonyl (C=O) groups is 2. The lowest BCUT2D eigenvalue weighted by atomic mass is 10.1. The smallest absolute Gasteiger partial charge is 0.372 e. The summed E-state index contributed by atoms with van der Waals surface area (Å²) in [5.41, 5.74) is -0.441. The number of halogens is 3. The highest BCUT2D eigenvalue weighted by Crippen LogP contribution is 2.23. The number of rotatable bonds is 3. The van der Waals surface area contributed by atoms with Crippen molar-refractivity contribution >= 4 is 23.4 Å². The summed E-state index contributed by atoms with van der Waals surface area (Å²) in [5.74, 6) is -4.77. The van der Waals surface area contributed by atoms with Crippen LogP contribution in [0.15, 0.2) is 12.1 Å². The Bertz CT molecular complexity index is 432. The molecule has 0 radical (unpaired) electrons. The second-order valence-corrected chi connectivity index (χ2v) is 3.10. The first kappa shape index (κ1) is 11.6. The van der Waals surface area contributed by atoms with Crippen LogP contribution in [0.4, 0.5) is 8.78 Å². The zero-order valence-corrected chi connectivity index (χ0v) is 8.02. The van der Waals surface area contributed by atoms with Gasteiger partial charge in [-0.15, -0.1) is 0 Å². The van der Waals surface area contributed by atoms with E-state index in [1.54, 1.807) is 0 Å². The molecule has 15 heavy (non-hydrogen) atoms. The third-order valence-corrected chi connectivity index (χ3v) is 2.12. The molecule has 80 valence electrons. The number of hydrogen-bond donors (Lipinski definition) is 1. The highest BCUT2D eigenvalue weighted by atomic mass is 35.5. The molecule has 0 aliphatic heterocycles. The highest BCUT2D eigenvalue weighted by molar-refractivity contribution is 6.35. The van der Waals surface area contributed by atoms with Gasteiger partial charge in [0.15, 0.2) is 0 Å². The van der Waals surface area contributed by atoms with Crippen molar-refractivity contribution in [3.05, 3.63) is 34.4 Å². The minimum Gasteiger partial charge on any atom is -0.475 e. The van der Waals surface area contributed by atoms with E-state index in [0.29, 0.717) is 0 Å². The van der Waals surface area contributed by atoms with Gasteiger partial charge in [-0.05, 0) is 12.1 Å². The van der Waals surface area contributed by atoms with Crippen molar-refractivity contribution in [2.45, 2.75) is 6.42 Å². The predicted octanol–water partition coefficient (Wildman–Crippen LogP) is 1.81. The average Bonchev–Trinajstić information content (AvgIpc) is 2.18. The Balaban J connectivity index is 3.09. The van der Waals surface area contributed by atoms with Gasteiger partial charge in [0.1, 0.15) is 11.6 Å². The van der Waals surface area contributed by atoms with Gasteiger partial charge in [0.2, 0.25) is 5.78 Å². The minimum absolute atomic E-state index is 0.441. The number of benzene rings is 1. The van der Waals surface area contributed by atoms with Gasteiger partial charge in [-0.2, -0.15) is 0 Å². The molecule has 1 aromatic carbocycles. The first-order valence-electron chi connectivity index (χ1n) is 3.82. The van der Waals surface area contributed by atoms with Crippen molar-refractivity contribution in [2.75, 3.05) is 0 Å². The van der Waals surface area contributed by atoms with Crippen molar-refractivity contribution in [3.8, 4) is 0 Å². The van der Waals surface area contributed by atoms with E-state index in [2.05, 4.69) is 0 Å². The van der Waals surface area contributed by atoms with E-state index in [4.69, 9.17) is 16.7 Å². The molecule has 0 amide bonds. The maximum Gasteiger partial charge on any atom is 0.372 e. The van der Waals surface area contributed by atoms with Crippen molar-refractivity contribution < 1.29 is 23.5 Å². The number of hydrogen-bond acceptors (Lipinski definition) is 2. The molecule has 0 saturated carbocycles. The normalized spacial score (nSPS) is 10.1. The number of aliphatic carboxylic acids is 1. The van der Waals surface area contributed by atoms with Gasteiger partial charge in [-0.3, -0.25) is 4.79 Å². The van der Waals surface area contributed by atoms with Crippen LogP contribution in [0.3, 0.4) is 0 Å². The summed E-state index contributed by atoms with van der Waals surface area (Å²) >= 11 is 5.39. The summed E-state index contributed by atoms with van der Waals surface area (Å²) in [6.07, 6.45) is -0.766. The molecule has 1 N–H and O–H groups in total. The minimum atomic E-state index is -1.71. The van der Waals surface area contributed by atoms with Crippen LogP contribution < -0.4 is 0 Å². The van der Waals surface area contributed by atoms with E-state index >= 15 is 0 Å². The lowest BCUT2D eigenvalue weighted by molar-refractivity contribution is -0.148. The fourth-order valence-corrected chi connectivity index (χ4v) is 1.19. The Labute approximate surface area is 88.3 Å². The molecular weight excluding hydrogens is 230 g/mol. The van der Waals surface area contributed by atoms with Crippen LogP contribution in [0.2, 0.25) is 5.02 Å². The van der Waals surface area contributed by atoms with Crippen LogP contribution in [0.5, 0.6) is 0 Å². The number of Topliss-reactive ketones (excluding diaryl/α,β-unsaturated/α-hetero) is 1. The highest BCUT2D eigenvalue weighted by Gasteiger charge is 2.19. The third kappa shape index (κ3) is 2.50. The van der Waals surface area contributed by atoms with Crippen LogP contribution in [-0.4, -0.2) is 16.9 Å². The van der Waals surface area contributed by atoms with E-state index < -0.39 is 40.4 Å². The number of ketones is 1. The Morgan fingerprint density at radius 1 is 1.27 bits per heavy atom. The second kappa shape index (κ2) is 4.35. The SMILES string of the molecule is O=C(O)C(=O)Cc1c(F)ccc(F)c1Cl. The van der Waals surface area contributed by atoms with E-state index in [-0.39, 0.29) is 0 Å². The Morgan fingerprint density at radius 2 is 1.80 bits per heavy atom. The van der Waals surface area contributed by atoms with Gasteiger partial charge in [-0.25, -0.2) is 13.6 Å². The monoisotopic (exact) mass is 234 g/mol. The van der Waals surface area contributed by atoms with Crippen LogP contribution in [0.1, 0.15) is 5.56 Å². The molecule has 0 aliphatic carbocycles. The summed E-state index contributed by atoms with van der Waals surface area (Å²) < 4.78 is 25.9. The molecule has 6 heteroatoms. The molecular formula is C9H5ClF2O3. The molecule has 0 heterocycles. The topological polar surface area (TPSA) is 54.4 Å². The van der Waals surface area contributed by atoms with E-state index in [1.165, 1.54) is 0 Å². The molecule has 0 saturated heterocycles. The summed E-state index contributed by atoms with van der Waals surface area (Å²) in [7, 11) is 0. The Kier molecular flexibility index (Phi) is 3.36. The molecule has 0 spiro atoms. The van der Waals surface area contributed by atoms with Gasteiger partial charge < -0.3 is 5.11 Å². The zero-order valence-electron chi connectivity index (χ0n) is 7.26. The lowest BCUT2D eigenvalue weighted by Gasteiger charge is -2.04. The van der Waals surface area contributed by atoms with E-state index in [0.717, 1.165) is 12.1 Å². The van der Waals surface area contributed by atoms with Gasteiger partial charge in [-0.1, -0.05) is 11.6 Å². The molecule has 0 atom stereocenters. The summed E-state index contributed by atoms with van der Waals surface area (Å²) in [6.45, 7) is 0. The maximum absolute atomic E-state index is 13.1. The number of carboxylic acids is 1. The Hall–Kier alpha value is -1.49. The van der Waals surface area contributed by atoms with Crippen molar-refractivity contribution in [1.82, 2.24) is 0 Å².